The quantitative estimate of drug-likeness (QED) is 0.214. The maximum absolute atomic E-state index is 13.4. The normalized spacial score (nSPS) is 12.1. The van der Waals surface area contributed by atoms with E-state index in [1.807, 2.05) is 12.1 Å². The van der Waals surface area contributed by atoms with Crippen LogP contribution in [-0.2, 0) is 11.6 Å². The van der Waals surface area contributed by atoms with Crippen LogP contribution < -0.4 is 0 Å². The zero-order chi connectivity index (χ0) is 22.3. The number of furan rings is 1. The van der Waals surface area contributed by atoms with Crippen molar-refractivity contribution in [2.24, 2.45) is 0 Å². The maximum atomic E-state index is 13.4. The molecule has 2 aromatic carbocycles. The van der Waals surface area contributed by atoms with Crippen LogP contribution in [0.5, 0.6) is 5.75 Å². The van der Waals surface area contributed by atoms with Gasteiger partial charge >= 0.3 is 6.18 Å². The highest BCUT2D eigenvalue weighted by atomic mass is 19.4. The van der Waals surface area contributed by atoms with E-state index in [2.05, 4.69) is 38.6 Å². The third-order valence-corrected chi connectivity index (χ3v) is 4.88. The van der Waals surface area contributed by atoms with Crippen LogP contribution in [0.4, 0.5) is 18.9 Å². The van der Waals surface area contributed by atoms with Crippen LogP contribution in [0.1, 0.15) is 37.7 Å². The fraction of sp³-hybridized carbons (Fsp3) is 0.208. The van der Waals surface area contributed by atoms with Crippen LogP contribution in [-0.4, -0.2) is 16.4 Å². The predicted molar refractivity (Wildman–Crippen MR) is 112 cm³/mol. The number of aromatic hydroxyl groups is 1. The van der Waals surface area contributed by atoms with Gasteiger partial charge in [0.25, 0.3) is 0 Å². The van der Waals surface area contributed by atoms with Gasteiger partial charge in [0.15, 0.2) is 11.4 Å². The van der Waals surface area contributed by atoms with Gasteiger partial charge in [-0.1, -0.05) is 63.2 Å². The molecule has 30 heavy (non-hydrogen) atoms. The zero-order valence-electron chi connectivity index (χ0n) is 17.1. The van der Waals surface area contributed by atoms with Crippen molar-refractivity contribution < 1.29 is 26.9 Å². The summed E-state index contributed by atoms with van der Waals surface area (Å²) in [6.45, 7) is 11.7. The first kappa shape index (κ1) is 21.4. The van der Waals surface area contributed by atoms with Crippen LogP contribution in [0.25, 0.3) is 11.3 Å². The molecule has 0 atom stereocenters. The highest BCUT2D eigenvalue weighted by Gasteiger charge is 2.34. The Morgan fingerprint density at radius 1 is 1.03 bits per heavy atom. The minimum Gasteiger partial charge on any atom is -0.673 e. The van der Waals surface area contributed by atoms with Crippen molar-refractivity contribution in [1.29, 1.82) is 0 Å². The van der Waals surface area contributed by atoms with E-state index in [-0.39, 0.29) is 22.5 Å². The molecule has 0 aliphatic rings. The lowest BCUT2D eigenvalue weighted by Crippen LogP contribution is -2.11. The lowest BCUT2D eigenvalue weighted by molar-refractivity contribution is -0.382. The van der Waals surface area contributed by atoms with Crippen LogP contribution in [0.2, 0.25) is 0 Å². The smallest absolute Gasteiger partial charge is 0.416 e. The number of hydrogen-bond donors (Lipinski definition) is 1. The molecule has 0 fully saturated rings. The van der Waals surface area contributed by atoms with Gasteiger partial charge in [-0.2, -0.15) is 13.2 Å². The van der Waals surface area contributed by atoms with Crippen molar-refractivity contribution in [3.63, 3.8) is 0 Å². The predicted octanol–water partition coefficient (Wildman–Crippen LogP) is 6.85. The van der Waals surface area contributed by atoms with Gasteiger partial charge in [-0.05, 0) is 23.1 Å². The van der Waals surface area contributed by atoms with Gasteiger partial charge in [0.05, 0.1) is 19.4 Å². The number of phenols is 1. The fourth-order valence-corrected chi connectivity index (χ4v) is 3.17. The van der Waals surface area contributed by atoms with Gasteiger partial charge in [0.1, 0.15) is 18.1 Å². The SMILES string of the molecule is C=[N+]([CH-]c1ccc(-c2ccccc2C(F)(F)F)[o+]1[CH2-])c1cc(C(C)(C)C)ccc1O. The van der Waals surface area contributed by atoms with E-state index in [1.165, 1.54) is 16.7 Å². The standard InChI is InChI=1S/C24H24F3NO2/c1-23(2,3)16-10-12-21(29)20(14-16)28(4)15-17-11-13-22(30(17)5)18-8-6-7-9-19(18)24(25,26)27/h6-15,29H,4-5H2,1-3H3. The van der Waals surface area contributed by atoms with Crippen molar-refractivity contribution in [3.05, 3.63) is 85.1 Å². The Morgan fingerprint density at radius 3 is 2.33 bits per heavy atom. The third kappa shape index (κ3) is 4.17. The Bertz CT molecular complexity index is 1090. The summed E-state index contributed by atoms with van der Waals surface area (Å²) in [5.74, 6) is 0.747. The molecule has 0 saturated carbocycles. The highest BCUT2D eigenvalue weighted by Crippen LogP contribution is 2.40. The molecule has 0 bridgehead atoms. The molecule has 0 aliphatic heterocycles. The second kappa shape index (κ2) is 7.52. The van der Waals surface area contributed by atoms with Gasteiger partial charge in [-0.25, -0.2) is 0 Å². The number of alkyl halides is 3. The average molecular weight is 415 g/mol. The van der Waals surface area contributed by atoms with Gasteiger partial charge in [0, 0.05) is 5.56 Å². The molecule has 0 saturated heterocycles. The first-order chi connectivity index (χ1) is 13.9. The Kier molecular flexibility index (Phi) is 5.37. The molecule has 0 unspecified atom stereocenters. The minimum atomic E-state index is -4.48. The Hall–Kier alpha value is -3.28. The molecule has 6 heteroatoms. The second-order valence-corrected chi connectivity index (χ2v) is 8.09. The zero-order valence-corrected chi connectivity index (χ0v) is 17.1. The lowest BCUT2D eigenvalue weighted by atomic mass is 9.87. The Labute approximate surface area is 174 Å². The minimum absolute atomic E-state index is 0.0119. The monoisotopic (exact) mass is 415 g/mol. The van der Waals surface area contributed by atoms with E-state index in [1.54, 1.807) is 30.8 Å². The maximum Gasteiger partial charge on any atom is 0.416 e. The van der Waals surface area contributed by atoms with Gasteiger partial charge in [0.2, 0.25) is 0 Å². The van der Waals surface area contributed by atoms with E-state index in [9.17, 15) is 18.3 Å². The molecule has 0 radical (unpaired) electrons. The molecule has 3 rings (SSSR count). The average Bonchev–Trinajstić information content (AvgIpc) is 3.00. The summed E-state index contributed by atoms with van der Waals surface area (Å²) < 4.78 is 44.0. The molecule has 3 nitrogen and oxygen atoms in total. The Balaban J connectivity index is 1.95. The van der Waals surface area contributed by atoms with E-state index < -0.39 is 11.7 Å². The summed E-state index contributed by atoms with van der Waals surface area (Å²) >= 11 is 0. The third-order valence-electron chi connectivity index (χ3n) is 4.88. The number of halogens is 3. The van der Waals surface area contributed by atoms with Crippen LogP contribution in [0.15, 0.2) is 58.6 Å². The Morgan fingerprint density at radius 2 is 1.70 bits per heavy atom. The summed E-state index contributed by atoms with van der Waals surface area (Å²) in [6, 6.07) is 13.8. The van der Waals surface area contributed by atoms with E-state index in [4.69, 9.17) is 0 Å². The van der Waals surface area contributed by atoms with E-state index >= 15 is 0 Å². The van der Waals surface area contributed by atoms with Gasteiger partial charge in [-0.15, -0.1) is 0 Å². The second-order valence-electron chi connectivity index (χ2n) is 8.09. The molecule has 0 spiro atoms. The summed E-state index contributed by atoms with van der Waals surface area (Å²) in [5.41, 5.74) is 0.627. The van der Waals surface area contributed by atoms with Gasteiger partial charge < -0.3 is 9.15 Å². The van der Waals surface area contributed by atoms with Crippen molar-refractivity contribution in [3.8, 4) is 17.1 Å². The number of hydrogen-bond acceptors (Lipinski definition) is 1. The summed E-state index contributed by atoms with van der Waals surface area (Å²) in [6.07, 6.45) is -4.48. The summed E-state index contributed by atoms with van der Waals surface area (Å²) in [4.78, 5) is 0. The molecular formula is C24H24F3NO2. The number of benzene rings is 2. The van der Waals surface area contributed by atoms with Crippen LogP contribution in [0, 0.1) is 13.7 Å². The topological polar surface area (TPSA) is 25.9 Å². The largest absolute Gasteiger partial charge is 0.673 e. The van der Waals surface area contributed by atoms with E-state index in [0.29, 0.717) is 11.4 Å². The van der Waals surface area contributed by atoms with Crippen molar-refractivity contribution in [2.45, 2.75) is 32.4 Å². The number of nitrogens with zero attached hydrogens (tertiary/aromatic N) is 1. The molecule has 1 N–H and O–H groups in total. The highest BCUT2D eigenvalue weighted by molar-refractivity contribution is 5.64. The van der Waals surface area contributed by atoms with Crippen LogP contribution >= 0.6 is 0 Å². The molecule has 1 aromatic heterocycles. The van der Waals surface area contributed by atoms with Crippen molar-refractivity contribution >= 4 is 12.4 Å². The molecule has 158 valence electrons. The van der Waals surface area contributed by atoms with Gasteiger partial charge in [-0.3, -0.25) is 4.58 Å². The summed E-state index contributed by atoms with van der Waals surface area (Å²) in [7, 11) is 3.82. The number of phenolic OH excluding ortho intramolecular Hbond substituents is 1. The van der Waals surface area contributed by atoms with Crippen molar-refractivity contribution in [2.75, 3.05) is 0 Å². The van der Waals surface area contributed by atoms with Crippen molar-refractivity contribution in [1.82, 2.24) is 0 Å². The molecular weight excluding hydrogens is 391 g/mol. The molecule has 0 aliphatic carbocycles. The van der Waals surface area contributed by atoms with E-state index in [0.717, 1.165) is 11.6 Å². The molecule has 0 amide bonds. The lowest BCUT2D eigenvalue weighted by Gasteiger charge is -2.21. The summed E-state index contributed by atoms with van der Waals surface area (Å²) in [5, 5.41) is 10.3. The number of rotatable bonds is 4. The first-order valence-corrected chi connectivity index (χ1v) is 9.30. The van der Waals surface area contributed by atoms with Crippen LogP contribution in [0.3, 0.4) is 0 Å². The molecule has 3 aromatic rings. The first-order valence-electron chi connectivity index (χ1n) is 9.30. The fourth-order valence-electron chi connectivity index (χ4n) is 3.17. The molecule has 1 heterocycles.